The Balaban J connectivity index is 1.99. The van der Waals surface area contributed by atoms with E-state index in [-0.39, 0.29) is 5.41 Å². The maximum absolute atomic E-state index is 14.5. The molecule has 0 N–H and O–H groups in total. The average molecular weight is 611 g/mol. The lowest BCUT2D eigenvalue weighted by Crippen LogP contribution is -3.86. The second kappa shape index (κ2) is 16.8. The Morgan fingerprint density at radius 2 is 0.973 bits per heavy atom. The SMILES string of the molecule is CCCCCCCC(CCCCCCC)(C[I+](c1ccccc1)c1ccccc1)C(=O)c1ccccc1. The summed E-state index contributed by atoms with van der Waals surface area (Å²) >= 11 is -1.84. The predicted molar refractivity (Wildman–Crippen MR) is 155 cm³/mol. The number of benzene rings is 3. The summed E-state index contributed by atoms with van der Waals surface area (Å²) in [5.74, 6) is 0.397. The minimum atomic E-state index is -1.84. The summed E-state index contributed by atoms with van der Waals surface area (Å²) in [7, 11) is 0. The maximum atomic E-state index is 14.5. The fraction of sp³-hybridized carbons (Fsp3) is 0.457. The second-order valence-electron chi connectivity index (χ2n) is 10.4. The molecule has 0 unspecified atom stereocenters. The molecule has 0 fully saturated rings. The molecule has 0 amide bonds. The number of carbonyl (C=O) groups excluding carboxylic acids is 1. The first-order chi connectivity index (χ1) is 18.2. The van der Waals surface area contributed by atoms with Crippen LogP contribution < -0.4 is 19.8 Å². The lowest BCUT2D eigenvalue weighted by molar-refractivity contribution is -0.861. The molecule has 1 radical (unpaired) electrons. The molecule has 3 rings (SSSR count). The highest BCUT2D eigenvalue weighted by Gasteiger charge is 2.46. The molecule has 2 heteroatoms. The highest BCUT2D eigenvalue weighted by Crippen LogP contribution is 2.34. The van der Waals surface area contributed by atoms with Gasteiger partial charge in [0, 0.05) is 5.56 Å². The van der Waals surface area contributed by atoms with Crippen molar-refractivity contribution in [2.24, 2.45) is 5.41 Å². The number of halogens is 1. The first-order valence-corrected chi connectivity index (χ1v) is 18.2. The van der Waals surface area contributed by atoms with Crippen LogP contribution >= 0.6 is 0 Å². The number of unbranched alkanes of at least 4 members (excludes halogenated alkanes) is 8. The normalized spacial score (nSPS) is 11.6. The third kappa shape index (κ3) is 9.39. The van der Waals surface area contributed by atoms with E-state index in [1.54, 1.807) is 0 Å². The lowest BCUT2D eigenvalue weighted by atomic mass is 9.74. The molecule has 37 heavy (non-hydrogen) atoms. The van der Waals surface area contributed by atoms with Gasteiger partial charge >= 0.3 is 0 Å². The fourth-order valence-corrected chi connectivity index (χ4v) is 12.0. The Morgan fingerprint density at radius 1 is 0.568 bits per heavy atom. The monoisotopic (exact) mass is 610 g/mol. The van der Waals surface area contributed by atoms with E-state index in [0.717, 1.165) is 35.7 Å². The molecular weight excluding hydrogens is 563 g/mol. The fourth-order valence-electron chi connectivity index (χ4n) is 5.25. The van der Waals surface area contributed by atoms with Crippen LogP contribution in [0, 0.1) is 12.6 Å². The van der Waals surface area contributed by atoms with Crippen LogP contribution in [0.2, 0.25) is 0 Å². The van der Waals surface area contributed by atoms with Gasteiger partial charge in [-0.2, -0.15) is 0 Å². The number of carbonyl (C=O) groups is 1. The molecular formula is C35H47IO+. The average Bonchev–Trinajstić information content (AvgIpc) is 2.96. The van der Waals surface area contributed by atoms with E-state index < -0.39 is 19.8 Å². The molecule has 0 heterocycles. The summed E-state index contributed by atoms with van der Waals surface area (Å²) in [6.07, 6.45) is 14.5. The van der Waals surface area contributed by atoms with Gasteiger partial charge in [0.25, 0.3) is 0 Å². The Bertz CT molecular complexity index is 946. The van der Waals surface area contributed by atoms with Gasteiger partial charge in [-0.25, -0.2) is 0 Å². The zero-order chi connectivity index (χ0) is 26.2. The zero-order valence-electron chi connectivity index (χ0n) is 23.1. The van der Waals surface area contributed by atoms with Gasteiger partial charge in [-0.05, 0) is 37.1 Å². The smallest absolute Gasteiger partial charge is 0.173 e. The minimum Gasteiger partial charge on any atom is -0.293 e. The molecule has 0 bridgehead atoms. The van der Waals surface area contributed by atoms with Crippen LogP contribution in [-0.4, -0.2) is 10.2 Å². The quantitative estimate of drug-likeness (QED) is 0.0660. The van der Waals surface area contributed by atoms with Crippen LogP contribution in [0.1, 0.15) is 101 Å². The van der Waals surface area contributed by atoms with E-state index in [1.807, 2.05) is 18.2 Å². The Labute approximate surface area is 233 Å². The number of hydrogen-bond acceptors (Lipinski definition) is 1. The molecule has 3 aromatic carbocycles. The molecule has 0 aromatic heterocycles. The first kappa shape index (κ1) is 29.6. The van der Waals surface area contributed by atoms with Crippen molar-refractivity contribution in [1.29, 1.82) is 0 Å². The number of ketones is 1. The molecule has 0 atom stereocenters. The van der Waals surface area contributed by atoms with Crippen LogP contribution in [0.15, 0.2) is 91.0 Å². The maximum Gasteiger partial charge on any atom is 0.173 e. The highest BCUT2D eigenvalue weighted by molar-refractivity contribution is 6.00. The predicted octanol–water partition coefficient (Wildman–Crippen LogP) is 6.94. The van der Waals surface area contributed by atoms with Crippen LogP contribution in [0.3, 0.4) is 0 Å². The molecule has 0 aliphatic rings. The van der Waals surface area contributed by atoms with Gasteiger partial charge in [0.2, 0.25) is 0 Å². The molecule has 0 saturated heterocycles. The topological polar surface area (TPSA) is 17.1 Å². The van der Waals surface area contributed by atoms with Crippen LogP contribution in [0.4, 0.5) is 0 Å². The Kier molecular flexibility index (Phi) is 13.5. The van der Waals surface area contributed by atoms with Crippen molar-refractivity contribution in [1.82, 2.24) is 0 Å². The van der Waals surface area contributed by atoms with Gasteiger partial charge in [-0.3, -0.25) is 4.79 Å². The van der Waals surface area contributed by atoms with Crippen LogP contribution in [0.5, 0.6) is 0 Å². The van der Waals surface area contributed by atoms with Gasteiger partial charge in [-0.1, -0.05) is 145 Å². The van der Waals surface area contributed by atoms with E-state index in [9.17, 15) is 4.79 Å². The van der Waals surface area contributed by atoms with E-state index in [2.05, 4.69) is 86.6 Å². The second-order valence-corrected chi connectivity index (χ2v) is 15.7. The number of hydrogen-bond donors (Lipinski definition) is 0. The zero-order valence-corrected chi connectivity index (χ0v) is 25.3. The van der Waals surface area contributed by atoms with Crippen molar-refractivity contribution < 1.29 is 24.6 Å². The highest BCUT2D eigenvalue weighted by atomic mass is 127. The van der Waals surface area contributed by atoms with Crippen molar-refractivity contribution in [2.75, 3.05) is 4.43 Å². The first-order valence-electron chi connectivity index (χ1n) is 14.6. The number of alkyl halides is 1. The van der Waals surface area contributed by atoms with Gasteiger partial charge < -0.3 is 0 Å². The van der Waals surface area contributed by atoms with Gasteiger partial charge in [0.15, 0.2) is 12.9 Å². The third-order valence-electron chi connectivity index (χ3n) is 7.42. The van der Waals surface area contributed by atoms with Crippen molar-refractivity contribution in [3.63, 3.8) is 0 Å². The summed E-state index contributed by atoms with van der Waals surface area (Å²) in [5.41, 5.74) is 0.623. The van der Waals surface area contributed by atoms with Gasteiger partial charge in [-0.15, -0.1) is 0 Å². The number of Topliss-reactive ketones (excluding diaryl/α,β-unsaturated/α-hetero) is 1. The van der Waals surface area contributed by atoms with Crippen LogP contribution in [0.25, 0.3) is 0 Å². The standard InChI is InChI=1S/C35H47IO/c1-3-5-7-9-20-28-35(29-21-10-8-6-4-2,34(37)31-22-14-11-15-23-31)30-36(32-24-16-12-17-25-32)33-26-18-13-19-27-33/h11-19,22-27H,3-10,20-21,28-30H2,1-2H3/q+1. The summed E-state index contributed by atoms with van der Waals surface area (Å²) in [6.45, 7) is 4.55. The summed E-state index contributed by atoms with van der Waals surface area (Å²) in [4.78, 5) is 14.5. The molecule has 3 aromatic rings. The van der Waals surface area contributed by atoms with Gasteiger partial charge in [0.1, 0.15) is 24.2 Å². The molecule has 0 saturated carbocycles. The molecule has 0 spiro atoms. The molecule has 0 aliphatic heterocycles. The van der Waals surface area contributed by atoms with E-state index in [1.165, 1.54) is 58.5 Å². The van der Waals surface area contributed by atoms with E-state index in [4.69, 9.17) is 0 Å². The number of rotatable bonds is 18. The largest absolute Gasteiger partial charge is 0.293 e. The summed E-state index contributed by atoms with van der Waals surface area (Å²) < 4.78 is 3.97. The Hall–Kier alpha value is -1.94. The van der Waals surface area contributed by atoms with Crippen LogP contribution in [-0.2, 0) is 0 Å². The Morgan fingerprint density at radius 3 is 1.41 bits per heavy atom. The third-order valence-corrected chi connectivity index (χ3v) is 14.1. The van der Waals surface area contributed by atoms with Crippen molar-refractivity contribution >= 4 is 5.78 Å². The van der Waals surface area contributed by atoms with Crippen molar-refractivity contribution in [2.45, 2.75) is 90.9 Å². The van der Waals surface area contributed by atoms with E-state index >= 15 is 0 Å². The lowest BCUT2D eigenvalue weighted by Gasteiger charge is -2.32. The van der Waals surface area contributed by atoms with Crippen molar-refractivity contribution in [3.8, 4) is 0 Å². The molecule has 1 nitrogen and oxygen atoms in total. The van der Waals surface area contributed by atoms with Crippen molar-refractivity contribution in [3.05, 3.63) is 104 Å². The molecule has 199 valence electrons. The molecule has 0 aliphatic carbocycles. The van der Waals surface area contributed by atoms with E-state index in [0.29, 0.717) is 5.78 Å². The minimum absolute atomic E-state index is 0.281. The summed E-state index contributed by atoms with van der Waals surface area (Å²) in [6, 6.07) is 32.4. The summed E-state index contributed by atoms with van der Waals surface area (Å²) in [5, 5.41) is 0. The van der Waals surface area contributed by atoms with Gasteiger partial charge in [0.05, 0.1) is 5.41 Å².